The van der Waals surface area contributed by atoms with Gasteiger partial charge in [-0.1, -0.05) is 30.3 Å². The quantitative estimate of drug-likeness (QED) is 0.787. The Bertz CT molecular complexity index is 777. The van der Waals surface area contributed by atoms with Gasteiger partial charge >= 0.3 is 0 Å². The standard InChI is InChI=1S/C18H21N3O/c1-20(2)13-14-6-5-7-15(12-14)18-19-16-8-3-4-9-17(16)21(18)10-11-22/h3-9,12,22H,10-11,13H2,1-2H3. The first-order valence-corrected chi connectivity index (χ1v) is 7.49. The number of nitrogens with zero attached hydrogens (tertiary/aromatic N) is 3. The van der Waals surface area contributed by atoms with Crippen LogP contribution in [0.1, 0.15) is 5.56 Å². The number of hydrogen-bond donors (Lipinski definition) is 1. The molecule has 0 aliphatic heterocycles. The molecule has 0 bridgehead atoms. The average molecular weight is 295 g/mol. The molecule has 0 spiro atoms. The Balaban J connectivity index is 2.11. The highest BCUT2D eigenvalue weighted by atomic mass is 16.3. The van der Waals surface area contributed by atoms with E-state index in [1.807, 2.05) is 24.3 Å². The molecule has 0 saturated carbocycles. The largest absolute Gasteiger partial charge is 0.395 e. The smallest absolute Gasteiger partial charge is 0.141 e. The monoisotopic (exact) mass is 295 g/mol. The van der Waals surface area contributed by atoms with Gasteiger partial charge in [-0.3, -0.25) is 0 Å². The maximum absolute atomic E-state index is 9.39. The molecule has 0 amide bonds. The van der Waals surface area contributed by atoms with Crippen LogP contribution in [0, 0.1) is 0 Å². The minimum absolute atomic E-state index is 0.102. The SMILES string of the molecule is CN(C)Cc1cccc(-c2nc3ccccc3n2CCO)c1. The van der Waals surface area contributed by atoms with Gasteiger partial charge in [0.25, 0.3) is 0 Å². The summed E-state index contributed by atoms with van der Waals surface area (Å²) in [4.78, 5) is 6.91. The lowest BCUT2D eigenvalue weighted by molar-refractivity contribution is 0.278. The number of imidazole rings is 1. The van der Waals surface area contributed by atoms with Crippen molar-refractivity contribution in [2.75, 3.05) is 20.7 Å². The highest BCUT2D eigenvalue weighted by molar-refractivity contribution is 5.80. The second-order valence-corrected chi connectivity index (χ2v) is 5.74. The molecule has 0 aliphatic rings. The molecule has 1 N–H and O–H groups in total. The summed E-state index contributed by atoms with van der Waals surface area (Å²) in [6.45, 7) is 1.55. The van der Waals surface area contributed by atoms with E-state index in [2.05, 4.69) is 47.8 Å². The second kappa shape index (κ2) is 6.30. The van der Waals surface area contributed by atoms with Crippen molar-refractivity contribution >= 4 is 11.0 Å². The van der Waals surface area contributed by atoms with Gasteiger partial charge in [0, 0.05) is 18.7 Å². The van der Waals surface area contributed by atoms with Crippen LogP contribution in [0.3, 0.4) is 0 Å². The van der Waals surface area contributed by atoms with E-state index in [1.165, 1.54) is 5.56 Å². The van der Waals surface area contributed by atoms with Crippen molar-refractivity contribution < 1.29 is 5.11 Å². The van der Waals surface area contributed by atoms with Gasteiger partial charge in [0.1, 0.15) is 5.82 Å². The highest BCUT2D eigenvalue weighted by Gasteiger charge is 2.12. The molecule has 0 aliphatic carbocycles. The summed E-state index contributed by atoms with van der Waals surface area (Å²) < 4.78 is 2.09. The number of aliphatic hydroxyl groups is 1. The molecular weight excluding hydrogens is 274 g/mol. The molecule has 3 aromatic rings. The predicted molar refractivity (Wildman–Crippen MR) is 89.6 cm³/mol. The summed E-state index contributed by atoms with van der Waals surface area (Å²) in [5.41, 5.74) is 4.36. The Morgan fingerprint density at radius 2 is 1.91 bits per heavy atom. The Kier molecular flexibility index (Phi) is 4.22. The van der Waals surface area contributed by atoms with Gasteiger partial charge in [-0.25, -0.2) is 4.98 Å². The van der Waals surface area contributed by atoms with E-state index >= 15 is 0 Å². The molecule has 1 aromatic heterocycles. The van der Waals surface area contributed by atoms with E-state index in [4.69, 9.17) is 4.98 Å². The van der Waals surface area contributed by atoms with E-state index in [1.54, 1.807) is 0 Å². The number of fused-ring (bicyclic) bond motifs is 1. The van der Waals surface area contributed by atoms with Crippen LogP contribution >= 0.6 is 0 Å². The zero-order chi connectivity index (χ0) is 15.5. The van der Waals surface area contributed by atoms with E-state index < -0.39 is 0 Å². The van der Waals surface area contributed by atoms with Crippen LogP contribution in [0.4, 0.5) is 0 Å². The van der Waals surface area contributed by atoms with Gasteiger partial charge in [0.05, 0.1) is 17.6 Å². The Morgan fingerprint density at radius 3 is 2.68 bits per heavy atom. The van der Waals surface area contributed by atoms with Crippen LogP contribution in [0.15, 0.2) is 48.5 Å². The van der Waals surface area contributed by atoms with Gasteiger partial charge in [0.2, 0.25) is 0 Å². The number of benzene rings is 2. The lowest BCUT2D eigenvalue weighted by Gasteiger charge is -2.12. The topological polar surface area (TPSA) is 41.3 Å². The number of aromatic nitrogens is 2. The molecule has 0 atom stereocenters. The summed E-state index contributed by atoms with van der Waals surface area (Å²) in [7, 11) is 4.13. The minimum Gasteiger partial charge on any atom is -0.395 e. The van der Waals surface area contributed by atoms with Crippen molar-refractivity contribution in [3.63, 3.8) is 0 Å². The third kappa shape index (κ3) is 2.89. The van der Waals surface area contributed by atoms with Crippen LogP contribution in [0.5, 0.6) is 0 Å². The molecule has 2 aromatic carbocycles. The zero-order valence-corrected chi connectivity index (χ0v) is 13.0. The fourth-order valence-electron chi connectivity index (χ4n) is 2.80. The fourth-order valence-corrected chi connectivity index (χ4v) is 2.80. The molecule has 0 fully saturated rings. The second-order valence-electron chi connectivity index (χ2n) is 5.74. The first-order chi connectivity index (χ1) is 10.7. The summed E-state index contributed by atoms with van der Waals surface area (Å²) in [6, 6.07) is 16.5. The van der Waals surface area contributed by atoms with Crippen molar-refractivity contribution in [3.8, 4) is 11.4 Å². The van der Waals surface area contributed by atoms with Crippen LogP contribution in [0.25, 0.3) is 22.4 Å². The molecule has 0 saturated heterocycles. The van der Waals surface area contributed by atoms with Gasteiger partial charge in [-0.2, -0.15) is 0 Å². The summed E-state index contributed by atoms with van der Waals surface area (Å²) in [6.07, 6.45) is 0. The molecule has 0 unspecified atom stereocenters. The maximum Gasteiger partial charge on any atom is 0.141 e. The predicted octanol–water partition coefficient (Wildman–Crippen LogP) is 2.76. The summed E-state index contributed by atoms with van der Waals surface area (Å²) in [5.74, 6) is 0.913. The third-order valence-electron chi connectivity index (χ3n) is 3.66. The van der Waals surface area contributed by atoms with Crippen molar-refractivity contribution in [1.82, 2.24) is 14.5 Å². The zero-order valence-electron chi connectivity index (χ0n) is 13.0. The lowest BCUT2D eigenvalue weighted by atomic mass is 10.1. The Morgan fingerprint density at radius 1 is 1.09 bits per heavy atom. The van der Waals surface area contributed by atoms with Crippen molar-refractivity contribution in [2.24, 2.45) is 0 Å². The molecule has 3 rings (SSSR count). The summed E-state index contributed by atoms with van der Waals surface area (Å²) in [5, 5.41) is 9.39. The third-order valence-corrected chi connectivity index (χ3v) is 3.66. The van der Waals surface area contributed by atoms with E-state index in [0.717, 1.165) is 29.0 Å². The number of rotatable bonds is 5. The van der Waals surface area contributed by atoms with Crippen molar-refractivity contribution in [1.29, 1.82) is 0 Å². The molecule has 4 nitrogen and oxygen atoms in total. The van der Waals surface area contributed by atoms with E-state index in [-0.39, 0.29) is 6.61 Å². The van der Waals surface area contributed by atoms with Crippen LogP contribution in [-0.4, -0.2) is 40.3 Å². The van der Waals surface area contributed by atoms with Crippen molar-refractivity contribution in [2.45, 2.75) is 13.1 Å². The molecule has 4 heteroatoms. The maximum atomic E-state index is 9.39. The van der Waals surface area contributed by atoms with E-state index in [0.29, 0.717) is 6.54 Å². The Labute approximate surface area is 130 Å². The first-order valence-electron chi connectivity index (χ1n) is 7.49. The molecule has 1 heterocycles. The molecule has 114 valence electrons. The number of hydrogen-bond acceptors (Lipinski definition) is 3. The van der Waals surface area contributed by atoms with Crippen molar-refractivity contribution in [3.05, 3.63) is 54.1 Å². The summed E-state index contributed by atoms with van der Waals surface area (Å²) >= 11 is 0. The number of para-hydroxylation sites is 2. The normalized spacial score (nSPS) is 11.5. The Hall–Kier alpha value is -2.17. The minimum atomic E-state index is 0.102. The van der Waals surface area contributed by atoms with Gasteiger partial charge in [-0.15, -0.1) is 0 Å². The highest BCUT2D eigenvalue weighted by Crippen LogP contribution is 2.25. The van der Waals surface area contributed by atoms with Gasteiger partial charge < -0.3 is 14.6 Å². The van der Waals surface area contributed by atoms with Crippen LogP contribution < -0.4 is 0 Å². The molecular formula is C18H21N3O. The van der Waals surface area contributed by atoms with Gasteiger partial charge in [0.15, 0.2) is 0 Å². The van der Waals surface area contributed by atoms with Crippen LogP contribution in [0.2, 0.25) is 0 Å². The fraction of sp³-hybridized carbons (Fsp3) is 0.278. The average Bonchev–Trinajstić information content (AvgIpc) is 2.86. The lowest BCUT2D eigenvalue weighted by Crippen LogP contribution is -2.10. The van der Waals surface area contributed by atoms with E-state index in [9.17, 15) is 5.11 Å². The van der Waals surface area contributed by atoms with Gasteiger partial charge in [-0.05, 0) is 37.9 Å². The van der Waals surface area contributed by atoms with Crippen LogP contribution in [-0.2, 0) is 13.1 Å². The first kappa shape index (κ1) is 14.8. The molecule has 22 heavy (non-hydrogen) atoms. The molecule has 0 radical (unpaired) electrons. The number of aliphatic hydroxyl groups excluding tert-OH is 1.